The van der Waals surface area contributed by atoms with Gasteiger partial charge in [-0.3, -0.25) is 14.4 Å². The molecule has 2 N–H and O–H groups in total. The third-order valence-corrected chi connectivity index (χ3v) is 5.14. The van der Waals surface area contributed by atoms with Crippen molar-refractivity contribution in [1.29, 1.82) is 0 Å². The van der Waals surface area contributed by atoms with Gasteiger partial charge in [0.15, 0.2) is 5.76 Å². The Hall–Kier alpha value is -2.87. The van der Waals surface area contributed by atoms with Gasteiger partial charge in [0.25, 0.3) is 5.91 Å². The summed E-state index contributed by atoms with van der Waals surface area (Å²) in [6.07, 6.45) is 1.54. The number of para-hydroxylation sites is 1. The molecule has 156 valence electrons. The molecular formula is C21H28N4O4. The Bertz CT molecular complexity index is 835. The van der Waals surface area contributed by atoms with E-state index in [0.29, 0.717) is 44.1 Å². The molecular weight excluding hydrogens is 372 g/mol. The van der Waals surface area contributed by atoms with Crippen molar-refractivity contribution in [3.63, 3.8) is 0 Å². The van der Waals surface area contributed by atoms with E-state index in [0.717, 1.165) is 18.2 Å². The van der Waals surface area contributed by atoms with Crippen LogP contribution >= 0.6 is 0 Å². The normalized spacial score (nSPS) is 14.9. The maximum Gasteiger partial charge on any atom is 0.309 e. The predicted octanol–water partition coefficient (Wildman–Crippen LogP) is 1.08. The molecule has 0 atom stereocenters. The van der Waals surface area contributed by atoms with Crippen molar-refractivity contribution in [2.45, 2.75) is 12.8 Å². The first-order valence-corrected chi connectivity index (χ1v) is 9.92. The van der Waals surface area contributed by atoms with Crippen LogP contribution in [-0.2, 0) is 9.59 Å². The van der Waals surface area contributed by atoms with Crippen LogP contribution in [-0.4, -0.2) is 74.3 Å². The molecule has 3 rings (SSSR count). The van der Waals surface area contributed by atoms with Crippen LogP contribution < -0.4 is 10.6 Å². The Balaban J connectivity index is 1.41. The molecule has 0 saturated carbocycles. The SMILES string of the molecule is CN(C)CCNC(=O)C(=O)NCC1CCN(C(=O)c2cc3ccccc3o2)CC1. The highest BCUT2D eigenvalue weighted by atomic mass is 16.3. The van der Waals surface area contributed by atoms with Gasteiger partial charge in [0.2, 0.25) is 0 Å². The van der Waals surface area contributed by atoms with Crippen molar-refractivity contribution in [3.05, 3.63) is 36.1 Å². The molecule has 1 fully saturated rings. The zero-order valence-corrected chi connectivity index (χ0v) is 16.9. The van der Waals surface area contributed by atoms with Gasteiger partial charge >= 0.3 is 11.8 Å². The van der Waals surface area contributed by atoms with E-state index in [2.05, 4.69) is 10.6 Å². The summed E-state index contributed by atoms with van der Waals surface area (Å²) in [5.74, 6) is -0.724. The van der Waals surface area contributed by atoms with Gasteiger partial charge in [0, 0.05) is 38.1 Å². The molecule has 1 aromatic carbocycles. The maximum absolute atomic E-state index is 12.7. The largest absolute Gasteiger partial charge is 0.451 e. The summed E-state index contributed by atoms with van der Waals surface area (Å²) in [6.45, 7) is 2.75. The lowest BCUT2D eigenvalue weighted by Crippen LogP contribution is -2.45. The van der Waals surface area contributed by atoms with Gasteiger partial charge < -0.3 is 24.9 Å². The molecule has 0 aliphatic carbocycles. The standard InChI is InChI=1S/C21H28N4O4/c1-24(2)12-9-22-19(26)20(27)23-14-15-7-10-25(11-8-15)21(28)18-13-16-5-3-4-6-17(16)29-18/h3-6,13,15H,7-12,14H2,1-2H3,(H,22,26)(H,23,27). The number of rotatable bonds is 6. The van der Waals surface area contributed by atoms with E-state index in [-0.39, 0.29) is 11.8 Å². The van der Waals surface area contributed by atoms with Crippen molar-refractivity contribution >= 4 is 28.7 Å². The third kappa shape index (κ3) is 5.57. The minimum atomic E-state index is -0.607. The number of benzene rings is 1. The van der Waals surface area contributed by atoms with E-state index >= 15 is 0 Å². The Labute approximate surface area is 170 Å². The van der Waals surface area contributed by atoms with E-state index in [1.165, 1.54) is 0 Å². The number of nitrogens with one attached hydrogen (secondary N) is 2. The van der Waals surface area contributed by atoms with Gasteiger partial charge in [-0.05, 0) is 45.0 Å². The van der Waals surface area contributed by atoms with Crippen molar-refractivity contribution in [1.82, 2.24) is 20.4 Å². The van der Waals surface area contributed by atoms with Crippen molar-refractivity contribution < 1.29 is 18.8 Å². The van der Waals surface area contributed by atoms with Crippen molar-refractivity contribution in [2.75, 3.05) is 46.8 Å². The lowest BCUT2D eigenvalue weighted by molar-refractivity contribution is -0.139. The average Bonchev–Trinajstić information content (AvgIpc) is 3.15. The molecule has 0 spiro atoms. The summed E-state index contributed by atoms with van der Waals surface area (Å²) in [4.78, 5) is 40.1. The van der Waals surface area contributed by atoms with Crippen LogP contribution in [0, 0.1) is 5.92 Å². The smallest absolute Gasteiger partial charge is 0.309 e. The lowest BCUT2D eigenvalue weighted by atomic mass is 9.96. The first-order chi connectivity index (χ1) is 13.9. The third-order valence-electron chi connectivity index (χ3n) is 5.14. The summed E-state index contributed by atoms with van der Waals surface area (Å²) >= 11 is 0. The summed E-state index contributed by atoms with van der Waals surface area (Å²) < 4.78 is 5.67. The number of hydrogen-bond acceptors (Lipinski definition) is 5. The van der Waals surface area contributed by atoms with E-state index in [1.54, 1.807) is 11.0 Å². The van der Waals surface area contributed by atoms with E-state index in [9.17, 15) is 14.4 Å². The van der Waals surface area contributed by atoms with Crippen molar-refractivity contribution in [2.24, 2.45) is 5.92 Å². The summed E-state index contributed by atoms with van der Waals surface area (Å²) in [6, 6.07) is 9.33. The minimum absolute atomic E-state index is 0.107. The van der Waals surface area contributed by atoms with E-state index in [4.69, 9.17) is 4.42 Å². The van der Waals surface area contributed by atoms with Crippen LogP contribution in [0.3, 0.4) is 0 Å². The van der Waals surface area contributed by atoms with Crippen LogP contribution in [0.15, 0.2) is 34.7 Å². The van der Waals surface area contributed by atoms with E-state index < -0.39 is 11.8 Å². The second kappa shape index (κ2) is 9.56. The van der Waals surface area contributed by atoms with Crippen LogP contribution in [0.25, 0.3) is 11.0 Å². The number of likely N-dealkylation sites (N-methyl/N-ethyl adjacent to an activating group) is 1. The molecule has 2 heterocycles. The zero-order valence-electron chi connectivity index (χ0n) is 16.9. The maximum atomic E-state index is 12.7. The lowest BCUT2D eigenvalue weighted by Gasteiger charge is -2.31. The van der Waals surface area contributed by atoms with Crippen LogP contribution in [0.1, 0.15) is 23.4 Å². The topological polar surface area (TPSA) is 94.9 Å². The second-order valence-corrected chi connectivity index (χ2v) is 7.65. The number of hydrogen-bond donors (Lipinski definition) is 2. The number of nitrogens with zero attached hydrogens (tertiary/aromatic N) is 2. The Kier molecular flexibility index (Phi) is 6.87. The molecule has 1 aliphatic rings. The number of carbonyl (C=O) groups is 3. The van der Waals surface area contributed by atoms with Gasteiger partial charge in [-0.25, -0.2) is 0 Å². The van der Waals surface area contributed by atoms with Crippen LogP contribution in [0.5, 0.6) is 0 Å². The number of furan rings is 1. The van der Waals surface area contributed by atoms with Gasteiger partial charge in [-0.1, -0.05) is 18.2 Å². The molecule has 0 radical (unpaired) electrons. The number of likely N-dealkylation sites (tertiary alicyclic amines) is 1. The van der Waals surface area contributed by atoms with Gasteiger partial charge in [0.05, 0.1) is 0 Å². The molecule has 8 heteroatoms. The number of piperidine rings is 1. The van der Waals surface area contributed by atoms with Crippen LogP contribution in [0.4, 0.5) is 0 Å². The fraction of sp³-hybridized carbons (Fsp3) is 0.476. The first-order valence-electron chi connectivity index (χ1n) is 9.92. The molecule has 29 heavy (non-hydrogen) atoms. The molecule has 1 saturated heterocycles. The molecule has 0 unspecified atom stereocenters. The highest BCUT2D eigenvalue weighted by Crippen LogP contribution is 2.23. The molecule has 1 aromatic heterocycles. The minimum Gasteiger partial charge on any atom is -0.451 e. The molecule has 8 nitrogen and oxygen atoms in total. The average molecular weight is 400 g/mol. The van der Waals surface area contributed by atoms with Gasteiger partial charge in [0.1, 0.15) is 5.58 Å². The van der Waals surface area contributed by atoms with E-state index in [1.807, 2.05) is 43.3 Å². The predicted molar refractivity (Wildman–Crippen MR) is 109 cm³/mol. The molecule has 3 amide bonds. The summed E-state index contributed by atoms with van der Waals surface area (Å²) in [5, 5.41) is 6.21. The highest BCUT2D eigenvalue weighted by Gasteiger charge is 2.26. The highest BCUT2D eigenvalue weighted by molar-refractivity contribution is 6.35. The zero-order chi connectivity index (χ0) is 20.8. The Morgan fingerprint density at radius 2 is 1.79 bits per heavy atom. The fourth-order valence-corrected chi connectivity index (χ4v) is 3.37. The molecule has 2 aromatic rings. The fourth-order valence-electron chi connectivity index (χ4n) is 3.37. The Morgan fingerprint density at radius 1 is 1.10 bits per heavy atom. The molecule has 1 aliphatic heterocycles. The second-order valence-electron chi connectivity index (χ2n) is 7.65. The number of amides is 3. The quantitative estimate of drug-likeness (QED) is 0.708. The Morgan fingerprint density at radius 3 is 2.48 bits per heavy atom. The van der Waals surface area contributed by atoms with Gasteiger partial charge in [-0.2, -0.15) is 0 Å². The van der Waals surface area contributed by atoms with Gasteiger partial charge in [-0.15, -0.1) is 0 Å². The monoisotopic (exact) mass is 400 g/mol. The summed E-state index contributed by atoms with van der Waals surface area (Å²) in [5.41, 5.74) is 0.706. The summed E-state index contributed by atoms with van der Waals surface area (Å²) in [7, 11) is 3.80. The van der Waals surface area contributed by atoms with Crippen LogP contribution in [0.2, 0.25) is 0 Å². The molecule has 0 bridgehead atoms. The van der Waals surface area contributed by atoms with Crippen molar-refractivity contribution in [3.8, 4) is 0 Å². The number of carbonyl (C=O) groups excluding carboxylic acids is 3. The first kappa shape index (κ1) is 20.9. The number of fused-ring (bicyclic) bond motifs is 1.